The summed E-state index contributed by atoms with van der Waals surface area (Å²) in [5, 5.41) is 0.542. The van der Waals surface area contributed by atoms with Crippen molar-refractivity contribution in [1.82, 2.24) is 4.57 Å². The number of rotatable bonds is 7. The SMILES string of the molecule is CCCC(CCC)n1cc(C(=O)OCC)c(=O)c2c(Br)cccc21. The Morgan fingerprint density at radius 3 is 2.46 bits per heavy atom. The van der Waals surface area contributed by atoms with Crippen LogP contribution in [-0.2, 0) is 4.74 Å². The minimum Gasteiger partial charge on any atom is -0.462 e. The van der Waals surface area contributed by atoms with E-state index in [0.717, 1.165) is 31.2 Å². The number of fused-ring (bicyclic) bond motifs is 1. The lowest BCUT2D eigenvalue weighted by Gasteiger charge is -2.23. The molecule has 0 saturated carbocycles. The minimum atomic E-state index is -0.555. The lowest BCUT2D eigenvalue weighted by Crippen LogP contribution is -2.23. The van der Waals surface area contributed by atoms with Gasteiger partial charge in [-0.15, -0.1) is 0 Å². The molecule has 0 N–H and O–H groups in total. The molecule has 0 atom stereocenters. The van der Waals surface area contributed by atoms with Crippen LogP contribution in [0.15, 0.2) is 33.7 Å². The number of esters is 1. The van der Waals surface area contributed by atoms with Crippen LogP contribution in [0.25, 0.3) is 10.9 Å². The number of nitrogens with zero attached hydrogens (tertiary/aromatic N) is 1. The van der Waals surface area contributed by atoms with Gasteiger partial charge in [-0.1, -0.05) is 32.8 Å². The summed E-state index contributed by atoms with van der Waals surface area (Å²) < 4.78 is 7.87. The number of aromatic nitrogens is 1. The molecule has 2 aromatic rings. The molecular weight excluding hydrogens is 370 g/mol. The molecule has 0 fully saturated rings. The number of halogens is 1. The molecule has 1 aromatic heterocycles. The van der Waals surface area contributed by atoms with E-state index in [1.165, 1.54) is 0 Å². The number of hydrogen-bond acceptors (Lipinski definition) is 3. The van der Waals surface area contributed by atoms with Gasteiger partial charge in [-0.3, -0.25) is 4.79 Å². The van der Waals surface area contributed by atoms with Gasteiger partial charge in [0.15, 0.2) is 0 Å². The predicted octanol–water partition coefficient (Wildman–Crippen LogP) is 5.08. The lowest BCUT2D eigenvalue weighted by atomic mass is 10.0. The van der Waals surface area contributed by atoms with Crippen molar-refractivity contribution in [2.45, 2.75) is 52.5 Å². The van der Waals surface area contributed by atoms with Crippen LogP contribution < -0.4 is 5.43 Å². The van der Waals surface area contributed by atoms with Gasteiger partial charge in [0.2, 0.25) is 5.43 Å². The smallest absolute Gasteiger partial charge is 0.343 e. The molecule has 0 aliphatic carbocycles. The van der Waals surface area contributed by atoms with E-state index >= 15 is 0 Å². The van der Waals surface area contributed by atoms with Gasteiger partial charge in [0.05, 0.1) is 17.5 Å². The molecule has 0 spiro atoms. The Morgan fingerprint density at radius 2 is 1.88 bits per heavy atom. The summed E-state index contributed by atoms with van der Waals surface area (Å²) in [6.07, 6.45) is 5.77. The molecular formula is C19H24BrNO3. The van der Waals surface area contributed by atoms with Gasteiger partial charge in [-0.2, -0.15) is 0 Å². The molecule has 0 radical (unpaired) electrons. The maximum atomic E-state index is 12.8. The molecule has 0 amide bonds. The zero-order valence-corrected chi connectivity index (χ0v) is 16.1. The molecule has 2 rings (SSSR count). The van der Waals surface area contributed by atoms with E-state index in [4.69, 9.17) is 4.74 Å². The monoisotopic (exact) mass is 393 g/mol. The van der Waals surface area contributed by atoms with Crippen LogP contribution in [0.1, 0.15) is 62.9 Å². The fourth-order valence-corrected chi connectivity index (χ4v) is 3.64. The fourth-order valence-electron chi connectivity index (χ4n) is 3.10. The maximum absolute atomic E-state index is 12.8. The quantitative estimate of drug-likeness (QED) is 0.616. The highest BCUT2D eigenvalue weighted by atomic mass is 79.9. The Kier molecular flexibility index (Phi) is 6.60. The Bertz CT molecular complexity index is 776. The van der Waals surface area contributed by atoms with Crippen molar-refractivity contribution < 1.29 is 9.53 Å². The minimum absolute atomic E-state index is 0.105. The molecule has 1 aromatic carbocycles. The number of hydrogen-bond donors (Lipinski definition) is 0. The van der Waals surface area contributed by atoms with Crippen LogP contribution in [0.3, 0.4) is 0 Å². The molecule has 0 unspecified atom stereocenters. The molecule has 130 valence electrons. The Morgan fingerprint density at radius 1 is 1.21 bits per heavy atom. The van der Waals surface area contributed by atoms with Gasteiger partial charge in [0.1, 0.15) is 5.56 Å². The van der Waals surface area contributed by atoms with E-state index in [9.17, 15) is 9.59 Å². The fraction of sp³-hybridized carbons (Fsp3) is 0.474. The first-order chi connectivity index (χ1) is 11.5. The normalized spacial score (nSPS) is 11.2. The highest BCUT2D eigenvalue weighted by Crippen LogP contribution is 2.28. The molecule has 1 heterocycles. The van der Waals surface area contributed by atoms with Crippen LogP contribution in [0.4, 0.5) is 0 Å². The average molecular weight is 394 g/mol. The third-order valence-electron chi connectivity index (χ3n) is 4.14. The first-order valence-electron chi connectivity index (χ1n) is 8.55. The van der Waals surface area contributed by atoms with Crippen molar-refractivity contribution in [1.29, 1.82) is 0 Å². The van der Waals surface area contributed by atoms with Crippen LogP contribution in [0.2, 0.25) is 0 Å². The van der Waals surface area contributed by atoms with E-state index in [1.807, 2.05) is 18.2 Å². The van der Waals surface area contributed by atoms with Crippen LogP contribution in [0, 0.1) is 0 Å². The van der Waals surface area contributed by atoms with Crippen LogP contribution in [-0.4, -0.2) is 17.1 Å². The zero-order chi connectivity index (χ0) is 17.7. The molecule has 0 aliphatic rings. The summed E-state index contributed by atoms with van der Waals surface area (Å²) >= 11 is 3.47. The first kappa shape index (κ1) is 18.7. The Labute approximate surface area is 150 Å². The predicted molar refractivity (Wildman–Crippen MR) is 101 cm³/mol. The van der Waals surface area contributed by atoms with Crippen molar-refractivity contribution in [3.63, 3.8) is 0 Å². The van der Waals surface area contributed by atoms with E-state index in [1.54, 1.807) is 13.1 Å². The van der Waals surface area contributed by atoms with Crippen molar-refractivity contribution >= 4 is 32.8 Å². The number of benzene rings is 1. The second kappa shape index (κ2) is 8.47. The van der Waals surface area contributed by atoms with Gasteiger partial charge < -0.3 is 9.30 Å². The molecule has 5 heteroatoms. The van der Waals surface area contributed by atoms with Gasteiger partial charge in [0.25, 0.3) is 0 Å². The van der Waals surface area contributed by atoms with Crippen molar-refractivity contribution in [3.05, 3.63) is 44.7 Å². The standard InChI is InChI=1S/C19H24BrNO3/c1-4-8-13(9-5-2)21-12-14(19(23)24-6-3)18(22)17-15(20)10-7-11-16(17)21/h7,10-13H,4-6,8-9H2,1-3H3. The summed E-state index contributed by atoms with van der Waals surface area (Å²) in [6, 6.07) is 5.94. The number of carbonyl (C=O) groups excluding carboxylic acids is 1. The first-order valence-corrected chi connectivity index (χ1v) is 9.34. The molecule has 0 bridgehead atoms. The highest BCUT2D eigenvalue weighted by molar-refractivity contribution is 9.10. The summed E-state index contributed by atoms with van der Waals surface area (Å²) in [5.41, 5.74) is 0.682. The third-order valence-corrected chi connectivity index (χ3v) is 4.80. The number of carbonyl (C=O) groups is 1. The Hall–Kier alpha value is -1.62. The topological polar surface area (TPSA) is 48.3 Å². The summed E-state index contributed by atoms with van der Waals surface area (Å²) in [4.78, 5) is 25.1. The third kappa shape index (κ3) is 3.72. The van der Waals surface area contributed by atoms with Gasteiger partial charge in [-0.25, -0.2) is 4.79 Å². The van der Waals surface area contributed by atoms with E-state index in [2.05, 4.69) is 34.3 Å². The second-order valence-electron chi connectivity index (χ2n) is 5.86. The van der Waals surface area contributed by atoms with Gasteiger partial charge >= 0.3 is 5.97 Å². The highest BCUT2D eigenvalue weighted by Gasteiger charge is 2.21. The molecule has 0 aliphatic heterocycles. The van der Waals surface area contributed by atoms with Crippen molar-refractivity contribution in [2.75, 3.05) is 6.61 Å². The molecule has 0 saturated heterocycles. The van der Waals surface area contributed by atoms with E-state index in [0.29, 0.717) is 9.86 Å². The number of ether oxygens (including phenoxy) is 1. The largest absolute Gasteiger partial charge is 0.462 e. The van der Waals surface area contributed by atoms with E-state index in [-0.39, 0.29) is 23.6 Å². The summed E-state index contributed by atoms with van der Waals surface area (Å²) in [6.45, 7) is 6.29. The number of pyridine rings is 1. The van der Waals surface area contributed by atoms with E-state index < -0.39 is 5.97 Å². The summed E-state index contributed by atoms with van der Waals surface area (Å²) in [5.74, 6) is -0.555. The van der Waals surface area contributed by atoms with Gasteiger partial charge in [-0.05, 0) is 47.8 Å². The van der Waals surface area contributed by atoms with Gasteiger partial charge in [0, 0.05) is 16.7 Å². The van der Waals surface area contributed by atoms with Crippen molar-refractivity contribution in [3.8, 4) is 0 Å². The van der Waals surface area contributed by atoms with Crippen LogP contribution >= 0.6 is 15.9 Å². The average Bonchev–Trinajstić information content (AvgIpc) is 2.55. The second-order valence-corrected chi connectivity index (χ2v) is 6.72. The zero-order valence-electron chi connectivity index (χ0n) is 14.5. The van der Waals surface area contributed by atoms with Crippen molar-refractivity contribution in [2.24, 2.45) is 0 Å². The maximum Gasteiger partial charge on any atom is 0.343 e. The van der Waals surface area contributed by atoms with Crippen LogP contribution in [0.5, 0.6) is 0 Å². The lowest BCUT2D eigenvalue weighted by molar-refractivity contribution is 0.0524. The Balaban J connectivity index is 2.77. The molecule has 24 heavy (non-hydrogen) atoms. The summed E-state index contributed by atoms with van der Waals surface area (Å²) in [7, 11) is 0. The molecule has 4 nitrogen and oxygen atoms in total.